The zero-order valence-electron chi connectivity index (χ0n) is 3.86. The molecule has 0 atom stereocenters. The zero-order valence-corrected chi connectivity index (χ0v) is 4.61. The largest absolute Gasteiger partial charge is 0.253 e. The average Bonchev–Trinajstić information content (AvgIpc) is 1.77. The third-order valence-electron chi connectivity index (χ3n) is 0.672. The molecule has 0 bridgehead atoms. The first-order valence-corrected chi connectivity index (χ1v) is 2.35. The average molecular weight is 131 g/mol. The fourth-order valence-corrected chi connectivity index (χ4v) is 0.422. The highest BCUT2D eigenvalue weighted by atomic mass is 35.5. The molecule has 0 aliphatic heterocycles. The van der Waals surface area contributed by atoms with Crippen LogP contribution in [0.1, 0.15) is 0 Å². The minimum absolute atomic E-state index is 0.0313. The van der Waals surface area contributed by atoms with Crippen LogP contribution in [0.4, 0.5) is 4.39 Å². The Morgan fingerprint density at radius 2 is 2.50 bits per heavy atom. The quantitative estimate of drug-likeness (QED) is 0.521. The summed E-state index contributed by atoms with van der Waals surface area (Å²) >= 11 is 5.25. The lowest BCUT2D eigenvalue weighted by Gasteiger charge is -1.85. The fraction of sp³-hybridized carbons (Fsp3) is 0. The minimum atomic E-state index is -0.485. The lowest BCUT2D eigenvalue weighted by molar-refractivity contribution is 0.625. The van der Waals surface area contributed by atoms with Crippen molar-refractivity contribution in [2.45, 2.75) is 0 Å². The minimum Gasteiger partial charge on any atom is -0.253 e. The smallest absolute Gasteiger partial charge is 0.145 e. The van der Waals surface area contributed by atoms with E-state index in [-0.39, 0.29) is 5.02 Å². The van der Waals surface area contributed by atoms with Gasteiger partial charge in [0.1, 0.15) is 5.82 Å². The van der Waals surface area contributed by atoms with E-state index in [0.29, 0.717) is 0 Å². The predicted octanol–water partition coefficient (Wildman–Crippen LogP) is 1.67. The molecule has 1 radical (unpaired) electrons. The molecule has 0 unspecified atom stereocenters. The van der Waals surface area contributed by atoms with Crippen molar-refractivity contribution in [2.24, 2.45) is 0 Å². The molecule has 1 heterocycles. The Kier molecular flexibility index (Phi) is 1.44. The van der Waals surface area contributed by atoms with E-state index in [2.05, 4.69) is 11.2 Å². The molecule has 1 aromatic heterocycles. The van der Waals surface area contributed by atoms with E-state index in [4.69, 9.17) is 11.6 Å². The number of rotatable bonds is 0. The van der Waals surface area contributed by atoms with Gasteiger partial charge in [0.15, 0.2) is 0 Å². The second-order valence-electron chi connectivity index (χ2n) is 1.23. The maximum Gasteiger partial charge on any atom is 0.145 e. The summed E-state index contributed by atoms with van der Waals surface area (Å²) in [7, 11) is 0. The third kappa shape index (κ3) is 0.954. The third-order valence-corrected chi connectivity index (χ3v) is 0.950. The van der Waals surface area contributed by atoms with Crippen LogP contribution >= 0.6 is 11.6 Å². The van der Waals surface area contributed by atoms with Crippen molar-refractivity contribution < 1.29 is 4.39 Å². The highest BCUT2D eigenvalue weighted by Gasteiger charge is 1.93. The van der Waals surface area contributed by atoms with Crippen molar-refractivity contribution >= 4 is 11.6 Å². The summed E-state index contributed by atoms with van der Waals surface area (Å²) in [5, 5.41) is 0.0313. The first-order valence-electron chi connectivity index (χ1n) is 1.98. The van der Waals surface area contributed by atoms with Crippen LogP contribution in [-0.4, -0.2) is 4.98 Å². The van der Waals surface area contributed by atoms with Crippen molar-refractivity contribution in [1.82, 2.24) is 4.98 Å². The lowest BCUT2D eigenvalue weighted by atomic mass is 10.5. The molecule has 0 aliphatic rings. The van der Waals surface area contributed by atoms with Gasteiger partial charge in [-0.1, -0.05) is 11.6 Å². The van der Waals surface area contributed by atoms with Gasteiger partial charge in [-0.15, -0.1) is 0 Å². The van der Waals surface area contributed by atoms with Crippen LogP contribution in [0.2, 0.25) is 5.02 Å². The highest BCUT2D eigenvalue weighted by molar-refractivity contribution is 6.30. The standard InChI is InChI=1S/C5H2ClFN/c6-4-3-8-2-1-5(4)7/h1,3H. The van der Waals surface area contributed by atoms with Crippen LogP contribution < -0.4 is 0 Å². The summed E-state index contributed by atoms with van der Waals surface area (Å²) in [4.78, 5) is 3.45. The molecule has 1 rings (SSSR count). The molecular formula is C5H2ClFN. The van der Waals surface area contributed by atoms with E-state index >= 15 is 0 Å². The second kappa shape index (κ2) is 2.09. The molecule has 41 valence electrons. The van der Waals surface area contributed by atoms with Gasteiger partial charge in [-0.2, -0.15) is 0 Å². The van der Waals surface area contributed by atoms with E-state index in [1.165, 1.54) is 6.20 Å². The van der Waals surface area contributed by atoms with Gasteiger partial charge in [-0.25, -0.2) is 4.39 Å². The molecule has 1 aromatic rings. The molecule has 0 saturated carbocycles. The number of nitrogens with zero attached hydrogens (tertiary/aromatic N) is 1. The summed E-state index contributed by atoms with van der Waals surface area (Å²) in [5.74, 6) is -0.485. The first-order chi connectivity index (χ1) is 3.80. The Hall–Kier alpha value is -0.630. The summed E-state index contributed by atoms with van der Waals surface area (Å²) < 4.78 is 12.1. The molecule has 0 aliphatic carbocycles. The van der Waals surface area contributed by atoms with Gasteiger partial charge >= 0.3 is 0 Å². The highest BCUT2D eigenvalue weighted by Crippen LogP contribution is 2.08. The molecule has 0 aromatic carbocycles. The van der Waals surface area contributed by atoms with E-state index in [1.54, 1.807) is 0 Å². The number of pyridine rings is 1. The molecular weight excluding hydrogens is 129 g/mol. The van der Waals surface area contributed by atoms with Crippen LogP contribution in [0.25, 0.3) is 0 Å². The van der Waals surface area contributed by atoms with Gasteiger partial charge in [0.05, 0.1) is 11.2 Å². The van der Waals surface area contributed by atoms with Crippen LogP contribution in [-0.2, 0) is 0 Å². The number of hydrogen-bond acceptors (Lipinski definition) is 1. The Labute approximate surface area is 51.1 Å². The van der Waals surface area contributed by atoms with E-state index in [1.807, 2.05) is 0 Å². The van der Waals surface area contributed by atoms with Gasteiger partial charge in [-0.3, -0.25) is 4.98 Å². The summed E-state index contributed by atoms with van der Waals surface area (Å²) in [6.07, 6.45) is 3.50. The Bertz CT molecular complexity index is 169. The maximum atomic E-state index is 12.1. The molecule has 8 heavy (non-hydrogen) atoms. The monoisotopic (exact) mass is 130 g/mol. The second-order valence-corrected chi connectivity index (χ2v) is 1.63. The van der Waals surface area contributed by atoms with Crippen LogP contribution in [0.5, 0.6) is 0 Å². The number of aromatic nitrogens is 1. The normalized spacial score (nSPS) is 9.25. The van der Waals surface area contributed by atoms with E-state index in [0.717, 1.165) is 6.07 Å². The summed E-state index contributed by atoms with van der Waals surface area (Å²) in [6, 6.07) is 1.09. The van der Waals surface area contributed by atoms with Crippen molar-refractivity contribution in [3.05, 3.63) is 29.3 Å². The van der Waals surface area contributed by atoms with Crippen LogP contribution in [0, 0.1) is 12.0 Å². The van der Waals surface area contributed by atoms with Gasteiger partial charge in [0.2, 0.25) is 0 Å². The van der Waals surface area contributed by atoms with Gasteiger partial charge in [0, 0.05) is 12.3 Å². The van der Waals surface area contributed by atoms with Crippen molar-refractivity contribution in [1.29, 1.82) is 0 Å². The van der Waals surface area contributed by atoms with Gasteiger partial charge < -0.3 is 0 Å². The van der Waals surface area contributed by atoms with Crippen molar-refractivity contribution in [3.8, 4) is 0 Å². The predicted molar refractivity (Wildman–Crippen MR) is 28.0 cm³/mol. The van der Waals surface area contributed by atoms with Gasteiger partial charge in [0.25, 0.3) is 0 Å². The Morgan fingerprint density at radius 3 is 2.88 bits per heavy atom. The molecule has 0 amide bonds. The van der Waals surface area contributed by atoms with Crippen molar-refractivity contribution in [2.75, 3.05) is 0 Å². The van der Waals surface area contributed by atoms with Crippen molar-refractivity contribution in [3.63, 3.8) is 0 Å². The van der Waals surface area contributed by atoms with E-state index in [9.17, 15) is 4.39 Å². The SMILES string of the molecule is Fc1c[c]ncc1Cl. The van der Waals surface area contributed by atoms with E-state index < -0.39 is 5.82 Å². The zero-order chi connectivity index (χ0) is 5.98. The summed E-state index contributed by atoms with van der Waals surface area (Å²) in [6.45, 7) is 0. The van der Waals surface area contributed by atoms with Crippen LogP contribution in [0.3, 0.4) is 0 Å². The first kappa shape index (κ1) is 5.51. The Balaban J connectivity index is 3.13. The lowest BCUT2D eigenvalue weighted by Crippen LogP contribution is -1.75. The number of halogens is 2. The Morgan fingerprint density at radius 1 is 1.75 bits per heavy atom. The molecule has 0 saturated heterocycles. The number of hydrogen-bond donors (Lipinski definition) is 0. The maximum absolute atomic E-state index is 12.1. The molecule has 3 heteroatoms. The summed E-state index contributed by atoms with van der Waals surface area (Å²) in [5.41, 5.74) is 0. The van der Waals surface area contributed by atoms with Gasteiger partial charge in [-0.05, 0) is 0 Å². The fourth-order valence-electron chi connectivity index (χ4n) is 0.318. The molecule has 0 N–H and O–H groups in total. The van der Waals surface area contributed by atoms with Crippen LogP contribution in [0.15, 0.2) is 12.3 Å². The molecule has 0 spiro atoms. The molecule has 0 fully saturated rings. The molecule has 1 nitrogen and oxygen atoms in total. The topological polar surface area (TPSA) is 12.9 Å².